The molecule has 2 atom stereocenters. The first kappa shape index (κ1) is 20.0. The molecule has 0 saturated heterocycles. The van der Waals surface area contributed by atoms with E-state index in [2.05, 4.69) is 5.32 Å². The molecule has 0 radical (unpaired) electrons. The molecule has 0 saturated carbocycles. The Morgan fingerprint density at radius 1 is 1.21 bits per heavy atom. The Labute approximate surface area is 143 Å². The van der Waals surface area contributed by atoms with Crippen molar-refractivity contribution in [3.63, 3.8) is 0 Å². The summed E-state index contributed by atoms with van der Waals surface area (Å²) in [4.78, 5) is 23.2. The molecule has 1 aromatic rings. The fourth-order valence-corrected chi connectivity index (χ4v) is 1.97. The average Bonchev–Trinajstić information content (AvgIpc) is 2.59. The van der Waals surface area contributed by atoms with Crippen LogP contribution in [-0.2, 0) is 20.9 Å². The van der Waals surface area contributed by atoms with Gasteiger partial charge in [0.25, 0.3) is 0 Å². The van der Waals surface area contributed by atoms with Gasteiger partial charge in [-0.1, -0.05) is 43.7 Å². The Morgan fingerprint density at radius 2 is 1.92 bits per heavy atom. The number of carbonyl (C=O) groups is 2. The van der Waals surface area contributed by atoms with E-state index in [0.29, 0.717) is 6.61 Å². The number of amides is 1. The van der Waals surface area contributed by atoms with Crippen molar-refractivity contribution in [1.29, 1.82) is 0 Å². The number of carbonyl (C=O) groups excluding carboxylic acids is 2. The molecule has 134 valence electrons. The molecule has 1 aromatic carbocycles. The van der Waals surface area contributed by atoms with Gasteiger partial charge in [0.1, 0.15) is 6.61 Å². The Hall–Kier alpha value is -2.08. The molecular formula is C18H27NO5. The highest BCUT2D eigenvalue weighted by Gasteiger charge is 2.18. The Balaban J connectivity index is 2.21. The van der Waals surface area contributed by atoms with Gasteiger partial charge in [0.15, 0.2) is 0 Å². The number of alkyl carbamates (subject to hydrolysis) is 1. The summed E-state index contributed by atoms with van der Waals surface area (Å²) in [6.45, 7) is 4.25. The largest absolute Gasteiger partial charge is 0.466 e. The first-order valence-corrected chi connectivity index (χ1v) is 8.33. The van der Waals surface area contributed by atoms with Crippen LogP contribution in [0.5, 0.6) is 0 Å². The maximum Gasteiger partial charge on any atom is 0.407 e. The molecule has 0 aromatic heterocycles. The molecule has 0 heterocycles. The van der Waals surface area contributed by atoms with Crippen LogP contribution in [-0.4, -0.2) is 35.9 Å². The van der Waals surface area contributed by atoms with Crippen LogP contribution in [0.2, 0.25) is 0 Å². The summed E-state index contributed by atoms with van der Waals surface area (Å²) in [6, 6.07) is 8.81. The first-order valence-electron chi connectivity index (χ1n) is 8.33. The summed E-state index contributed by atoms with van der Waals surface area (Å²) >= 11 is 0. The van der Waals surface area contributed by atoms with E-state index in [1.165, 1.54) is 0 Å². The quantitative estimate of drug-likeness (QED) is 0.506. The molecule has 1 rings (SSSR count). The van der Waals surface area contributed by atoms with E-state index in [9.17, 15) is 14.7 Å². The lowest BCUT2D eigenvalue weighted by Gasteiger charge is -2.19. The Kier molecular flexibility index (Phi) is 9.53. The van der Waals surface area contributed by atoms with Crippen molar-refractivity contribution in [3.05, 3.63) is 35.9 Å². The number of ether oxygens (including phenoxy) is 2. The molecule has 6 nitrogen and oxygen atoms in total. The van der Waals surface area contributed by atoms with Gasteiger partial charge >= 0.3 is 12.1 Å². The predicted octanol–water partition coefficient (Wildman–Crippen LogP) is 2.79. The highest BCUT2D eigenvalue weighted by atomic mass is 16.5. The lowest BCUT2D eigenvalue weighted by molar-refractivity contribution is -0.144. The third-order valence-corrected chi connectivity index (χ3v) is 3.54. The molecule has 6 heteroatoms. The van der Waals surface area contributed by atoms with Gasteiger partial charge in [-0.15, -0.1) is 0 Å². The second-order valence-electron chi connectivity index (χ2n) is 5.67. The number of esters is 1. The summed E-state index contributed by atoms with van der Waals surface area (Å²) in [5.74, 6) is -0.332. The average molecular weight is 337 g/mol. The number of benzene rings is 1. The van der Waals surface area contributed by atoms with Crippen LogP contribution in [0.15, 0.2) is 30.3 Å². The highest BCUT2D eigenvalue weighted by Crippen LogP contribution is 2.06. The van der Waals surface area contributed by atoms with E-state index in [0.717, 1.165) is 18.4 Å². The molecule has 0 aliphatic rings. The van der Waals surface area contributed by atoms with Crippen molar-refractivity contribution in [2.45, 2.75) is 58.3 Å². The zero-order valence-electron chi connectivity index (χ0n) is 14.4. The van der Waals surface area contributed by atoms with Gasteiger partial charge in [-0.2, -0.15) is 0 Å². The predicted molar refractivity (Wildman–Crippen MR) is 90.3 cm³/mol. The fourth-order valence-electron chi connectivity index (χ4n) is 1.97. The minimum Gasteiger partial charge on any atom is -0.466 e. The van der Waals surface area contributed by atoms with Crippen LogP contribution in [0.25, 0.3) is 0 Å². The Morgan fingerprint density at radius 3 is 2.58 bits per heavy atom. The zero-order valence-corrected chi connectivity index (χ0v) is 14.4. The number of hydrogen-bond acceptors (Lipinski definition) is 5. The third kappa shape index (κ3) is 8.53. The molecule has 1 amide bonds. The number of aliphatic hydroxyl groups is 1. The monoisotopic (exact) mass is 337 g/mol. The molecule has 2 N–H and O–H groups in total. The van der Waals surface area contributed by atoms with E-state index in [4.69, 9.17) is 9.47 Å². The minimum atomic E-state index is -0.840. The smallest absolute Gasteiger partial charge is 0.407 e. The van der Waals surface area contributed by atoms with E-state index in [-0.39, 0.29) is 25.4 Å². The van der Waals surface area contributed by atoms with Gasteiger partial charge in [0.2, 0.25) is 0 Å². The van der Waals surface area contributed by atoms with Crippen molar-refractivity contribution < 1.29 is 24.2 Å². The van der Waals surface area contributed by atoms with Crippen molar-refractivity contribution in [3.8, 4) is 0 Å². The number of aliphatic hydroxyl groups excluding tert-OH is 1. The molecule has 0 aliphatic heterocycles. The second-order valence-corrected chi connectivity index (χ2v) is 5.67. The summed E-state index contributed by atoms with van der Waals surface area (Å²) < 4.78 is 10.1. The maximum atomic E-state index is 11.7. The normalized spacial score (nSPS) is 13.0. The summed E-state index contributed by atoms with van der Waals surface area (Å²) in [5, 5.41) is 12.6. The standard InChI is InChI=1S/C18H27NO5/c1-3-4-12-23-17(21)11-10-16(20)14(2)19-18(22)24-13-15-8-6-5-7-9-15/h5-9,14,16,20H,3-4,10-13H2,1-2H3,(H,19,22)/t14-,16-/m0/s1. The molecule has 24 heavy (non-hydrogen) atoms. The molecule has 0 spiro atoms. The SMILES string of the molecule is CCCCOC(=O)CC[C@H](O)[C@H](C)NC(=O)OCc1ccccc1. The highest BCUT2D eigenvalue weighted by molar-refractivity contribution is 5.69. The van der Waals surface area contributed by atoms with Crippen molar-refractivity contribution in [1.82, 2.24) is 5.32 Å². The number of hydrogen-bond donors (Lipinski definition) is 2. The number of nitrogens with one attached hydrogen (secondary N) is 1. The topological polar surface area (TPSA) is 84.9 Å². The van der Waals surface area contributed by atoms with Crippen LogP contribution in [0.3, 0.4) is 0 Å². The third-order valence-electron chi connectivity index (χ3n) is 3.54. The van der Waals surface area contributed by atoms with Gasteiger partial charge in [0, 0.05) is 6.42 Å². The first-order chi connectivity index (χ1) is 11.5. The van der Waals surface area contributed by atoms with Gasteiger partial charge in [-0.25, -0.2) is 4.79 Å². The second kappa shape index (κ2) is 11.5. The van der Waals surface area contributed by atoms with Gasteiger partial charge in [-0.3, -0.25) is 4.79 Å². The van der Waals surface area contributed by atoms with E-state index < -0.39 is 18.2 Å². The van der Waals surface area contributed by atoms with Gasteiger partial charge < -0.3 is 19.9 Å². The maximum absolute atomic E-state index is 11.7. The molecule has 0 bridgehead atoms. The summed E-state index contributed by atoms with van der Waals surface area (Å²) in [5.41, 5.74) is 0.885. The minimum absolute atomic E-state index is 0.121. The lowest BCUT2D eigenvalue weighted by Crippen LogP contribution is -2.41. The lowest BCUT2D eigenvalue weighted by atomic mass is 10.1. The van der Waals surface area contributed by atoms with Gasteiger partial charge in [0.05, 0.1) is 18.8 Å². The number of unbranched alkanes of at least 4 members (excludes halogenated alkanes) is 1. The van der Waals surface area contributed by atoms with Crippen LogP contribution in [0, 0.1) is 0 Å². The van der Waals surface area contributed by atoms with Crippen LogP contribution < -0.4 is 5.32 Å². The zero-order chi connectivity index (χ0) is 17.8. The number of rotatable bonds is 10. The van der Waals surface area contributed by atoms with Gasteiger partial charge in [-0.05, 0) is 25.3 Å². The van der Waals surface area contributed by atoms with Crippen LogP contribution in [0.4, 0.5) is 4.79 Å². The summed E-state index contributed by atoms with van der Waals surface area (Å²) in [6.07, 6.45) is 0.701. The van der Waals surface area contributed by atoms with Crippen LogP contribution >= 0.6 is 0 Å². The van der Waals surface area contributed by atoms with E-state index in [1.54, 1.807) is 6.92 Å². The summed E-state index contributed by atoms with van der Waals surface area (Å²) in [7, 11) is 0. The molecule has 0 fully saturated rings. The van der Waals surface area contributed by atoms with Crippen molar-refractivity contribution >= 4 is 12.1 Å². The Bertz CT molecular complexity index is 491. The van der Waals surface area contributed by atoms with Crippen LogP contribution in [0.1, 0.15) is 45.1 Å². The van der Waals surface area contributed by atoms with E-state index >= 15 is 0 Å². The molecule has 0 unspecified atom stereocenters. The van der Waals surface area contributed by atoms with Crippen molar-refractivity contribution in [2.24, 2.45) is 0 Å². The molecule has 0 aliphatic carbocycles. The molecular weight excluding hydrogens is 310 g/mol. The van der Waals surface area contributed by atoms with E-state index in [1.807, 2.05) is 37.3 Å². The van der Waals surface area contributed by atoms with Crippen molar-refractivity contribution in [2.75, 3.05) is 6.61 Å². The fraction of sp³-hybridized carbons (Fsp3) is 0.556.